The summed E-state index contributed by atoms with van der Waals surface area (Å²) in [6.07, 6.45) is -7.87. The first kappa shape index (κ1) is 23.6. The zero-order valence-electron chi connectivity index (χ0n) is 17.1. The molecular weight excluding hydrogens is 424 g/mol. The third kappa shape index (κ3) is 5.06. The fourth-order valence-corrected chi connectivity index (χ4v) is 3.26. The Labute approximate surface area is 183 Å². The zero-order valence-corrected chi connectivity index (χ0v) is 17.1. The summed E-state index contributed by atoms with van der Waals surface area (Å²) in [6.45, 7) is -0.620. The lowest BCUT2D eigenvalue weighted by Gasteiger charge is -2.39. The van der Waals surface area contributed by atoms with E-state index in [0.29, 0.717) is 11.3 Å². The van der Waals surface area contributed by atoms with Crippen molar-refractivity contribution in [2.24, 2.45) is 0 Å². The molecule has 5 N–H and O–H groups in total. The highest BCUT2D eigenvalue weighted by atomic mass is 16.7. The first-order valence-corrected chi connectivity index (χ1v) is 9.75. The van der Waals surface area contributed by atoms with Crippen molar-refractivity contribution in [3.8, 4) is 17.2 Å². The first-order chi connectivity index (χ1) is 15.2. The Kier molecular flexibility index (Phi) is 7.44. The number of ketones is 2. The van der Waals surface area contributed by atoms with Gasteiger partial charge >= 0.3 is 0 Å². The molecule has 5 atom stereocenters. The fourth-order valence-electron chi connectivity index (χ4n) is 3.26. The average Bonchev–Trinajstić information content (AvgIpc) is 2.79. The molecule has 0 radical (unpaired) electrons. The number of phenolic OH excluding ortho intramolecular Hbond substituents is 1. The second-order valence-electron chi connectivity index (χ2n) is 7.25. The predicted octanol–water partition coefficient (Wildman–Crippen LogP) is 0.0352. The van der Waals surface area contributed by atoms with Gasteiger partial charge in [0.15, 0.2) is 11.6 Å². The molecule has 1 aliphatic heterocycles. The highest BCUT2D eigenvalue weighted by molar-refractivity contribution is 6.14. The lowest BCUT2D eigenvalue weighted by molar-refractivity contribution is -0.277. The predicted molar refractivity (Wildman–Crippen MR) is 109 cm³/mol. The number of carbonyl (C=O) groups is 2. The summed E-state index contributed by atoms with van der Waals surface area (Å²) in [5.41, 5.74) is 0.183. The number of hydrogen-bond acceptors (Lipinski definition) is 10. The van der Waals surface area contributed by atoms with E-state index in [-0.39, 0.29) is 11.3 Å². The van der Waals surface area contributed by atoms with Crippen LogP contribution in [0.2, 0.25) is 0 Å². The Bertz CT molecular complexity index is 973. The van der Waals surface area contributed by atoms with Crippen LogP contribution in [0.25, 0.3) is 0 Å². The minimum atomic E-state index is -1.63. The number of aromatic hydroxyl groups is 1. The van der Waals surface area contributed by atoms with Gasteiger partial charge in [0.25, 0.3) is 0 Å². The molecule has 0 unspecified atom stereocenters. The fraction of sp³-hybridized carbons (Fsp3) is 0.364. The van der Waals surface area contributed by atoms with Crippen LogP contribution < -0.4 is 9.47 Å². The second kappa shape index (κ2) is 10.1. The van der Waals surface area contributed by atoms with Crippen LogP contribution in [0.15, 0.2) is 42.5 Å². The number of benzene rings is 2. The van der Waals surface area contributed by atoms with E-state index in [4.69, 9.17) is 14.2 Å². The van der Waals surface area contributed by atoms with Gasteiger partial charge < -0.3 is 39.7 Å². The van der Waals surface area contributed by atoms with Gasteiger partial charge in [0.1, 0.15) is 41.7 Å². The molecule has 2 aromatic carbocycles. The number of ether oxygens (including phenoxy) is 3. The Balaban J connectivity index is 1.69. The van der Waals surface area contributed by atoms with Crippen LogP contribution in [-0.4, -0.2) is 81.5 Å². The van der Waals surface area contributed by atoms with Crippen molar-refractivity contribution in [1.82, 2.24) is 0 Å². The summed E-state index contributed by atoms with van der Waals surface area (Å²) in [4.78, 5) is 24.9. The average molecular weight is 448 g/mol. The van der Waals surface area contributed by atoms with Crippen LogP contribution >= 0.6 is 0 Å². The maximum Gasteiger partial charge on any atom is 0.229 e. The Morgan fingerprint density at radius 2 is 1.72 bits per heavy atom. The molecule has 1 aliphatic rings. The summed E-state index contributed by atoms with van der Waals surface area (Å²) >= 11 is 0. The van der Waals surface area contributed by atoms with Crippen LogP contribution in [0.3, 0.4) is 0 Å². The minimum Gasteiger partial charge on any atom is -0.507 e. The van der Waals surface area contributed by atoms with Crippen molar-refractivity contribution < 1.29 is 49.3 Å². The number of aliphatic hydroxyl groups is 4. The Hall–Kier alpha value is -3.02. The zero-order chi connectivity index (χ0) is 23.4. The summed E-state index contributed by atoms with van der Waals surface area (Å²) in [6, 6.07) is 9.99. The van der Waals surface area contributed by atoms with Crippen LogP contribution in [0.1, 0.15) is 27.1 Å². The van der Waals surface area contributed by atoms with Gasteiger partial charge in [-0.3, -0.25) is 9.59 Å². The van der Waals surface area contributed by atoms with Crippen LogP contribution in [0.4, 0.5) is 0 Å². The molecule has 10 nitrogen and oxygen atoms in total. The van der Waals surface area contributed by atoms with Gasteiger partial charge in [0, 0.05) is 11.6 Å². The number of phenols is 1. The van der Waals surface area contributed by atoms with E-state index in [9.17, 15) is 35.1 Å². The van der Waals surface area contributed by atoms with Crippen molar-refractivity contribution in [3.63, 3.8) is 0 Å². The molecule has 1 heterocycles. The van der Waals surface area contributed by atoms with Gasteiger partial charge in [-0.2, -0.15) is 0 Å². The maximum absolute atomic E-state index is 12.5. The van der Waals surface area contributed by atoms with Gasteiger partial charge in [0.05, 0.1) is 25.7 Å². The topological polar surface area (TPSA) is 163 Å². The standard InChI is InChI=1S/C22H24O10/c1-30-12-4-2-3-11(7-12)15(24)9-17(26)14-6-5-13(8-16(14)25)31-22-21(29)20(28)19(27)18(10-23)32-22/h2-8,18-23,25,27-29H,9-10H2,1H3/t18-,19-,20+,21-,22-/m1/s1. The van der Waals surface area contributed by atoms with Crippen LogP contribution in [0.5, 0.6) is 17.2 Å². The number of methoxy groups -OCH3 is 1. The highest BCUT2D eigenvalue weighted by Gasteiger charge is 2.44. The van der Waals surface area contributed by atoms with Crippen molar-refractivity contribution in [3.05, 3.63) is 53.6 Å². The van der Waals surface area contributed by atoms with Crippen molar-refractivity contribution >= 4 is 11.6 Å². The molecule has 0 aromatic heterocycles. The lowest BCUT2D eigenvalue weighted by atomic mass is 9.99. The normalized spacial score (nSPS) is 25.2. The third-order valence-electron chi connectivity index (χ3n) is 5.08. The first-order valence-electron chi connectivity index (χ1n) is 9.75. The van der Waals surface area contributed by atoms with Crippen molar-refractivity contribution in [2.75, 3.05) is 13.7 Å². The summed E-state index contributed by atoms with van der Waals surface area (Å²) in [5.74, 6) is -1.07. The Morgan fingerprint density at radius 1 is 0.969 bits per heavy atom. The molecular formula is C22H24O10. The maximum atomic E-state index is 12.5. The Morgan fingerprint density at radius 3 is 2.38 bits per heavy atom. The molecule has 0 bridgehead atoms. The number of rotatable bonds is 8. The molecule has 32 heavy (non-hydrogen) atoms. The monoisotopic (exact) mass is 448 g/mol. The third-order valence-corrected chi connectivity index (χ3v) is 5.08. The van der Waals surface area contributed by atoms with Gasteiger partial charge in [0.2, 0.25) is 6.29 Å². The number of aliphatic hydroxyl groups excluding tert-OH is 4. The summed E-state index contributed by atoms with van der Waals surface area (Å²) in [7, 11) is 1.46. The molecule has 0 aliphatic carbocycles. The van der Waals surface area contributed by atoms with E-state index in [1.807, 2.05) is 0 Å². The molecule has 3 rings (SSSR count). The number of hydrogen-bond donors (Lipinski definition) is 5. The van der Waals surface area contributed by atoms with Gasteiger partial charge in [-0.25, -0.2) is 0 Å². The van der Waals surface area contributed by atoms with E-state index in [1.165, 1.54) is 25.3 Å². The van der Waals surface area contributed by atoms with Crippen molar-refractivity contribution in [2.45, 2.75) is 37.1 Å². The SMILES string of the molecule is COc1cccc(C(=O)CC(=O)c2ccc(O[C@@H]3O[C@H](CO)[C@@H](O)[C@H](O)[C@H]3O)cc2O)c1. The molecule has 10 heteroatoms. The molecule has 2 aromatic rings. The van der Waals surface area contributed by atoms with E-state index < -0.39 is 61.0 Å². The lowest BCUT2D eigenvalue weighted by Crippen LogP contribution is -2.60. The van der Waals surface area contributed by atoms with Gasteiger partial charge in [-0.1, -0.05) is 12.1 Å². The minimum absolute atomic E-state index is 0.0116. The number of Topliss-reactive ketones (excluding diaryl/α,β-unsaturated/α-hetero) is 2. The number of carbonyl (C=O) groups excluding carboxylic acids is 2. The van der Waals surface area contributed by atoms with E-state index in [0.717, 1.165) is 6.07 Å². The van der Waals surface area contributed by atoms with E-state index >= 15 is 0 Å². The van der Waals surface area contributed by atoms with Crippen molar-refractivity contribution in [1.29, 1.82) is 0 Å². The van der Waals surface area contributed by atoms with E-state index in [1.54, 1.807) is 18.2 Å². The molecule has 0 amide bonds. The largest absolute Gasteiger partial charge is 0.507 e. The molecule has 1 fully saturated rings. The molecule has 1 saturated heterocycles. The second-order valence-corrected chi connectivity index (χ2v) is 7.25. The van der Waals surface area contributed by atoms with Gasteiger partial charge in [-0.05, 0) is 24.3 Å². The van der Waals surface area contributed by atoms with Crippen LogP contribution in [0, 0.1) is 0 Å². The summed E-state index contributed by atoms with van der Waals surface area (Å²) in [5, 5.41) is 49.1. The van der Waals surface area contributed by atoms with Gasteiger partial charge in [-0.15, -0.1) is 0 Å². The molecule has 172 valence electrons. The van der Waals surface area contributed by atoms with E-state index in [2.05, 4.69) is 0 Å². The smallest absolute Gasteiger partial charge is 0.229 e. The quantitative estimate of drug-likeness (QED) is 0.275. The van der Waals surface area contributed by atoms with Crippen LogP contribution in [-0.2, 0) is 4.74 Å². The molecule has 0 spiro atoms. The summed E-state index contributed by atoms with van der Waals surface area (Å²) < 4.78 is 15.7. The molecule has 0 saturated carbocycles. The highest BCUT2D eigenvalue weighted by Crippen LogP contribution is 2.29.